The van der Waals surface area contributed by atoms with Crippen LogP contribution in [0.25, 0.3) is 11.1 Å². The third-order valence-corrected chi connectivity index (χ3v) is 5.39. The van der Waals surface area contributed by atoms with Gasteiger partial charge >= 0.3 is 6.03 Å². The van der Waals surface area contributed by atoms with Gasteiger partial charge in [0.2, 0.25) is 0 Å². The normalized spacial score (nSPS) is 11.9. The van der Waals surface area contributed by atoms with Gasteiger partial charge in [-0.2, -0.15) is 0 Å². The first-order chi connectivity index (χ1) is 14.9. The number of carbonyl (C=O) groups is 1. The average molecular weight is 457 g/mol. The molecule has 7 heteroatoms. The van der Waals surface area contributed by atoms with Crippen LogP contribution in [-0.4, -0.2) is 43.1 Å². The molecular weight excluding hydrogens is 431 g/mol. The van der Waals surface area contributed by atoms with Crippen LogP contribution in [0.15, 0.2) is 67.0 Å². The summed E-state index contributed by atoms with van der Waals surface area (Å²) in [4.78, 5) is 18.6. The van der Waals surface area contributed by atoms with E-state index >= 15 is 0 Å². The molecule has 0 radical (unpaired) electrons. The van der Waals surface area contributed by atoms with Crippen LogP contribution in [0.1, 0.15) is 17.9 Å². The van der Waals surface area contributed by atoms with Gasteiger partial charge in [-0.15, -0.1) is 0 Å². The molecule has 1 atom stereocenters. The van der Waals surface area contributed by atoms with E-state index in [-0.39, 0.29) is 11.9 Å². The molecule has 0 bridgehead atoms. The van der Waals surface area contributed by atoms with Gasteiger partial charge in [0, 0.05) is 40.6 Å². The molecule has 0 fully saturated rings. The number of rotatable bonds is 8. The first-order valence-corrected chi connectivity index (χ1v) is 10.8. The Kier molecular flexibility index (Phi) is 8.29. The molecule has 1 unspecified atom stereocenters. The van der Waals surface area contributed by atoms with Crippen LogP contribution in [0.5, 0.6) is 0 Å². The van der Waals surface area contributed by atoms with Gasteiger partial charge in [-0.3, -0.25) is 4.98 Å². The molecule has 0 spiro atoms. The van der Waals surface area contributed by atoms with Crippen LogP contribution in [0.4, 0.5) is 10.5 Å². The van der Waals surface area contributed by atoms with Crippen LogP contribution >= 0.6 is 23.2 Å². The summed E-state index contributed by atoms with van der Waals surface area (Å²) in [6, 6.07) is 17.1. The lowest BCUT2D eigenvalue weighted by Gasteiger charge is -2.21. The summed E-state index contributed by atoms with van der Waals surface area (Å²) in [6.07, 6.45) is 4.50. The van der Waals surface area contributed by atoms with E-state index < -0.39 is 0 Å². The van der Waals surface area contributed by atoms with Gasteiger partial charge in [-0.05, 0) is 74.1 Å². The Balaban J connectivity index is 1.66. The molecule has 2 aromatic carbocycles. The fourth-order valence-corrected chi connectivity index (χ4v) is 3.84. The predicted molar refractivity (Wildman–Crippen MR) is 129 cm³/mol. The van der Waals surface area contributed by atoms with Crippen molar-refractivity contribution in [2.24, 2.45) is 0 Å². The van der Waals surface area contributed by atoms with E-state index in [9.17, 15) is 4.79 Å². The standard InChI is InChI=1S/C24H26Cl2N4O/c1-30(2)12-9-20(16-28-24(31)29-23-14-21(25)13-22(26)15-23)18-5-3-17(4-6-18)19-7-10-27-11-8-19/h3-8,10-11,13-15,20H,9,12,16H2,1-2H3,(H2,28,29,31). The lowest BCUT2D eigenvalue weighted by molar-refractivity contribution is 0.251. The topological polar surface area (TPSA) is 57.3 Å². The van der Waals surface area contributed by atoms with E-state index in [0.29, 0.717) is 22.3 Å². The molecule has 1 heterocycles. The molecule has 0 aliphatic rings. The van der Waals surface area contributed by atoms with Crippen molar-refractivity contribution in [2.75, 3.05) is 32.5 Å². The number of urea groups is 1. The molecule has 1 aromatic heterocycles. The smallest absolute Gasteiger partial charge is 0.319 e. The SMILES string of the molecule is CN(C)CCC(CNC(=O)Nc1cc(Cl)cc(Cl)c1)c1ccc(-c2ccncc2)cc1. The Bertz CT molecular complexity index is 974. The number of aromatic nitrogens is 1. The minimum atomic E-state index is -0.290. The largest absolute Gasteiger partial charge is 0.337 e. The van der Waals surface area contributed by atoms with Crippen molar-refractivity contribution in [1.29, 1.82) is 0 Å². The predicted octanol–water partition coefficient (Wildman–Crippen LogP) is 5.91. The highest BCUT2D eigenvalue weighted by atomic mass is 35.5. The highest BCUT2D eigenvalue weighted by Crippen LogP contribution is 2.25. The first kappa shape index (κ1) is 23.1. The third-order valence-electron chi connectivity index (χ3n) is 4.95. The molecular formula is C24H26Cl2N4O. The van der Waals surface area contributed by atoms with Gasteiger partial charge in [0.05, 0.1) is 0 Å². The summed E-state index contributed by atoms with van der Waals surface area (Å²) < 4.78 is 0. The van der Waals surface area contributed by atoms with Gasteiger partial charge in [0.25, 0.3) is 0 Å². The van der Waals surface area contributed by atoms with Crippen molar-refractivity contribution in [2.45, 2.75) is 12.3 Å². The third kappa shape index (κ3) is 7.24. The van der Waals surface area contributed by atoms with Crippen molar-refractivity contribution in [3.05, 3.63) is 82.6 Å². The second-order valence-corrected chi connectivity index (χ2v) is 8.51. The number of halogens is 2. The maximum absolute atomic E-state index is 12.4. The van der Waals surface area contributed by atoms with Gasteiger partial charge in [0.15, 0.2) is 0 Å². The maximum atomic E-state index is 12.4. The number of hydrogen-bond donors (Lipinski definition) is 2. The molecule has 3 rings (SSSR count). The molecule has 2 N–H and O–H groups in total. The summed E-state index contributed by atoms with van der Waals surface area (Å²) in [5.74, 6) is 0.183. The zero-order valence-corrected chi connectivity index (χ0v) is 19.1. The number of pyridine rings is 1. The Labute approximate surface area is 193 Å². The molecule has 0 aliphatic heterocycles. The molecule has 0 saturated heterocycles. The summed E-state index contributed by atoms with van der Waals surface area (Å²) in [5, 5.41) is 6.71. The number of nitrogens with zero attached hydrogens (tertiary/aromatic N) is 2. The second-order valence-electron chi connectivity index (χ2n) is 7.64. The Morgan fingerprint density at radius 2 is 1.58 bits per heavy atom. The Hall–Kier alpha value is -2.60. The van der Waals surface area contributed by atoms with Crippen molar-refractivity contribution >= 4 is 34.9 Å². The summed E-state index contributed by atoms with van der Waals surface area (Å²) in [7, 11) is 4.10. The lowest BCUT2D eigenvalue weighted by Crippen LogP contribution is -2.33. The van der Waals surface area contributed by atoms with Crippen LogP contribution in [0, 0.1) is 0 Å². The zero-order valence-electron chi connectivity index (χ0n) is 17.6. The van der Waals surface area contributed by atoms with Crippen LogP contribution in [0.3, 0.4) is 0 Å². The van der Waals surface area contributed by atoms with Crippen molar-refractivity contribution in [1.82, 2.24) is 15.2 Å². The van der Waals surface area contributed by atoms with E-state index in [2.05, 4.69) is 44.8 Å². The molecule has 0 aliphatic carbocycles. The highest BCUT2D eigenvalue weighted by Gasteiger charge is 2.14. The van der Waals surface area contributed by atoms with Gasteiger partial charge < -0.3 is 15.5 Å². The second kappa shape index (κ2) is 11.1. The summed E-state index contributed by atoms with van der Waals surface area (Å²) in [6.45, 7) is 1.44. The van der Waals surface area contributed by atoms with Crippen molar-refractivity contribution in [3.8, 4) is 11.1 Å². The fraction of sp³-hybridized carbons (Fsp3) is 0.250. The highest BCUT2D eigenvalue weighted by molar-refractivity contribution is 6.35. The van der Waals surface area contributed by atoms with Crippen molar-refractivity contribution < 1.29 is 4.79 Å². The van der Waals surface area contributed by atoms with E-state index in [4.69, 9.17) is 23.2 Å². The minimum absolute atomic E-state index is 0.183. The number of anilines is 1. The number of hydrogen-bond acceptors (Lipinski definition) is 3. The van der Waals surface area contributed by atoms with Crippen LogP contribution in [0.2, 0.25) is 10.0 Å². The maximum Gasteiger partial charge on any atom is 0.319 e. The number of amides is 2. The van der Waals surface area contributed by atoms with Crippen LogP contribution < -0.4 is 10.6 Å². The molecule has 3 aromatic rings. The molecule has 2 amide bonds. The van der Waals surface area contributed by atoms with E-state index in [1.54, 1.807) is 30.6 Å². The molecule has 0 saturated carbocycles. The first-order valence-electron chi connectivity index (χ1n) is 10.1. The molecule has 5 nitrogen and oxygen atoms in total. The molecule has 162 valence electrons. The van der Waals surface area contributed by atoms with E-state index in [1.807, 2.05) is 26.2 Å². The number of carbonyl (C=O) groups excluding carboxylic acids is 1. The summed E-state index contributed by atoms with van der Waals surface area (Å²) >= 11 is 12.0. The summed E-state index contributed by atoms with van der Waals surface area (Å²) in [5.41, 5.74) is 4.01. The monoisotopic (exact) mass is 456 g/mol. The molecule has 31 heavy (non-hydrogen) atoms. The Morgan fingerprint density at radius 1 is 0.968 bits per heavy atom. The van der Waals surface area contributed by atoms with Gasteiger partial charge in [-0.1, -0.05) is 47.5 Å². The van der Waals surface area contributed by atoms with Gasteiger partial charge in [-0.25, -0.2) is 4.79 Å². The minimum Gasteiger partial charge on any atom is -0.337 e. The quantitative estimate of drug-likeness (QED) is 0.442. The van der Waals surface area contributed by atoms with Crippen molar-refractivity contribution in [3.63, 3.8) is 0 Å². The van der Waals surface area contributed by atoms with Gasteiger partial charge in [0.1, 0.15) is 0 Å². The number of benzene rings is 2. The lowest BCUT2D eigenvalue weighted by atomic mass is 9.93. The Morgan fingerprint density at radius 3 is 2.19 bits per heavy atom. The van der Waals surface area contributed by atoms with E-state index in [1.165, 1.54) is 5.56 Å². The fourth-order valence-electron chi connectivity index (χ4n) is 3.31. The van der Waals surface area contributed by atoms with E-state index in [0.717, 1.165) is 24.1 Å². The zero-order chi connectivity index (χ0) is 22.2. The number of nitrogens with one attached hydrogen (secondary N) is 2. The van der Waals surface area contributed by atoms with Crippen LogP contribution in [-0.2, 0) is 0 Å². The average Bonchev–Trinajstić information content (AvgIpc) is 2.74.